The minimum Gasteiger partial charge on any atom is -0.314 e. The van der Waals surface area contributed by atoms with Crippen LogP contribution in [0.25, 0.3) is 0 Å². The smallest absolute Gasteiger partial charge is 0.129 e. The van der Waals surface area contributed by atoms with E-state index in [1.165, 1.54) is 38.2 Å². The van der Waals surface area contributed by atoms with Crippen molar-refractivity contribution in [2.24, 2.45) is 5.92 Å². The molecule has 0 spiro atoms. The first-order valence-corrected chi connectivity index (χ1v) is 8.36. The fourth-order valence-corrected chi connectivity index (χ4v) is 3.37. The molecule has 0 radical (unpaired) electrons. The van der Waals surface area contributed by atoms with Gasteiger partial charge in [-0.05, 0) is 43.4 Å². The van der Waals surface area contributed by atoms with Crippen molar-refractivity contribution >= 4 is 0 Å². The molecule has 118 valence electrons. The lowest BCUT2D eigenvalue weighted by Crippen LogP contribution is -2.34. The lowest BCUT2D eigenvalue weighted by Gasteiger charge is -2.27. The van der Waals surface area contributed by atoms with E-state index in [1.54, 1.807) is 6.07 Å². The highest BCUT2D eigenvalue weighted by molar-refractivity contribution is 5.19. The lowest BCUT2D eigenvalue weighted by molar-refractivity contribution is 0.295. The minimum atomic E-state index is -0.499. The molecule has 1 saturated carbocycles. The van der Waals surface area contributed by atoms with Gasteiger partial charge < -0.3 is 5.32 Å². The van der Waals surface area contributed by atoms with Crippen molar-refractivity contribution in [3.05, 3.63) is 35.4 Å². The number of nitrogens with one attached hydrogen (secondary N) is 1. The quantitative estimate of drug-likeness (QED) is 0.758. The molecule has 1 aromatic carbocycles. The van der Waals surface area contributed by atoms with Crippen LogP contribution in [-0.2, 0) is 6.42 Å². The summed E-state index contributed by atoms with van der Waals surface area (Å²) < 4.78 is 26.8. The summed E-state index contributed by atoms with van der Waals surface area (Å²) >= 11 is 0. The third kappa shape index (κ3) is 5.39. The Balaban J connectivity index is 1.97. The van der Waals surface area contributed by atoms with Crippen LogP contribution in [-0.4, -0.2) is 12.6 Å². The molecule has 21 heavy (non-hydrogen) atoms. The molecule has 1 fully saturated rings. The van der Waals surface area contributed by atoms with Crippen LogP contribution in [0.5, 0.6) is 0 Å². The predicted octanol–water partition coefficient (Wildman–Crippen LogP) is 4.85. The van der Waals surface area contributed by atoms with Crippen molar-refractivity contribution in [3.63, 3.8) is 0 Å². The Morgan fingerprint density at radius 3 is 2.62 bits per heavy atom. The van der Waals surface area contributed by atoms with E-state index < -0.39 is 11.6 Å². The van der Waals surface area contributed by atoms with Crippen LogP contribution >= 0.6 is 0 Å². The van der Waals surface area contributed by atoms with Gasteiger partial charge in [-0.3, -0.25) is 0 Å². The summed E-state index contributed by atoms with van der Waals surface area (Å²) in [5, 5.41) is 3.55. The van der Waals surface area contributed by atoms with Crippen LogP contribution < -0.4 is 5.32 Å². The predicted molar refractivity (Wildman–Crippen MR) is 83.3 cm³/mol. The molecule has 0 heterocycles. The van der Waals surface area contributed by atoms with E-state index in [0.29, 0.717) is 18.0 Å². The number of halogens is 2. The highest BCUT2D eigenvalue weighted by atomic mass is 19.1. The highest BCUT2D eigenvalue weighted by Gasteiger charge is 2.20. The minimum absolute atomic E-state index is 0.299. The van der Waals surface area contributed by atoms with Crippen LogP contribution in [0.1, 0.15) is 57.4 Å². The first-order valence-electron chi connectivity index (χ1n) is 8.36. The van der Waals surface area contributed by atoms with Gasteiger partial charge in [0.05, 0.1) is 0 Å². The molecular weight excluding hydrogens is 268 g/mol. The van der Waals surface area contributed by atoms with Crippen LogP contribution in [0.4, 0.5) is 8.78 Å². The largest absolute Gasteiger partial charge is 0.314 e. The van der Waals surface area contributed by atoms with Crippen LogP contribution in [0, 0.1) is 17.6 Å². The van der Waals surface area contributed by atoms with Gasteiger partial charge in [-0.25, -0.2) is 8.78 Å². The molecule has 0 aromatic heterocycles. The average molecular weight is 295 g/mol. The van der Waals surface area contributed by atoms with Crippen LogP contribution in [0.15, 0.2) is 18.2 Å². The van der Waals surface area contributed by atoms with Crippen molar-refractivity contribution in [2.75, 3.05) is 6.54 Å². The second-order valence-electron chi connectivity index (χ2n) is 6.33. The van der Waals surface area contributed by atoms with Gasteiger partial charge in [-0.2, -0.15) is 0 Å². The molecule has 1 unspecified atom stereocenters. The van der Waals surface area contributed by atoms with Crippen molar-refractivity contribution in [2.45, 2.75) is 64.3 Å². The van der Waals surface area contributed by atoms with Gasteiger partial charge in [0.1, 0.15) is 11.6 Å². The van der Waals surface area contributed by atoms with Gasteiger partial charge in [-0.15, -0.1) is 0 Å². The van der Waals surface area contributed by atoms with Crippen molar-refractivity contribution in [1.29, 1.82) is 0 Å². The fraction of sp³-hybridized carbons (Fsp3) is 0.667. The SMILES string of the molecule is CCCNC(Cc1ccc(F)cc1F)CC1CCCCC1. The zero-order chi connectivity index (χ0) is 15.1. The molecule has 1 nitrogen and oxygen atoms in total. The Morgan fingerprint density at radius 1 is 1.19 bits per heavy atom. The summed E-state index contributed by atoms with van der Waals surface area (Å²) in [6, 6.07) is 4.24. The van der Waals surface area contributed by atoms with Crippen LogP contribution in [0.2, 0.25) is 0 Å². The second kappa shape index (κ2) is 8.47. The first-order chi connectivity index (χ1) is 10.2. The number of rotatable bonds is 7. The molecule has 0 aliphatic heterocycles. The molecular formula is C18H27F2N. The van der Waals surface area contributed by atoms with Gasteiger partial charge in [0.2, 0.25) is 0 Å². The standard InChI is InChI=1S/C18H27F2N/c1-2-10-21-17(11-14-6-4-3-5-7-14)12-15-8-9-16(19)13-18(15)20/h8-9,13-14,17,21H,2-7,10-12H2,1H3. The van der Waals surface area contributed by atoms with E-state index in [-0.39, 0.29) is 0 Å². The molecule has 0 bridgehead atoms. The van der Waals surface area contributed by atoms with E-state index in [0.717, 1.165) is 31.4 Å². The van der Waals surface area contributed by atoms with Crippen molar-refractivity contribution in [3.8, 4) is 0 Å². The van der Waals surface area contributed by atoms with E-state index in [2.05, 4.69) is 12.2 Å². The Bertz CT molecular complexity index is 427. The summed E-state index contributed by atoms with van der Waals surface area (Å²) in [5.74, 6) is -0.153. The Labute approximate surface area is 127 Å². The molecule has 1 atom stereocenters. The van der Waals surface area contributed by atoms with Gasteiger partial charge in [-0.1, -0.05) is 45.1 Å². The molecule has 1 aliphatic rings. The summed E-state index contributed by atoms with van der Waals surface area (Å²) in [5.41, 5.74) is 0.626. The molecule has 2 rings (SSSR count). The number of hydrogen-bond donors (Lipinski definition) is 1. The van der Waals surface area contributed by atoms with E-state index in [4.69, 9.17) is 0 Å². The van der Waals surface area contributed by atoms with Gasteiger partial charge >= 0.3 is 0 Å². The third-order valence-electron chi connectivity index (χ3n) is 4.51. The summed E-state index contributed by atoms with van der Waals surface area (Å²) in [4.78, 5) is 0. The molecule has 1 aliphatic carbocycles. The maximum Gasteiger partial charge on any atom is 0.129 e. The van der Waals surface area contributed by atoms with Crippen molar-refractivity contribution in [1.82, 2.24) is 5.32 Å². The molecule has 3 heteroatoms. The summed E-state index contributed by atoms with van der Waals surface area (Å²) in [6.07, 6.45) is 9.46. The van der Waals surface area contributed by atoms with Crippen LogP contribution in [0.3, 0.4) is 0 Å². The van der Waals surface area contributed by atoms with Crippen molar-refractivity contribution < 1.29 is 8.78 Å². The topological polar surface area (TPSA) is 12.0 Å². The third-order valence-corrected chi connectivity index (χ3v) is 4.51. The number of hydrogen-bond acceptors (Lipinski definition) is 1. The van der Waals surface area contributed by atoms with Gasteiger partial charge in [0.15, 0.2) is 0 Å². The van der Waals surface area contributed by atoms with Gasteiger partial charge in [0, 0.05) is 12.1 Å². The Kier molecular flexibility index (Phi) is 6.62. The fourth-order valence-electron chi connectivity index (χ4n) is 3.37. The zero-order valence-electron chi connectivity index (χ0n) is 13.0. The monoisotopic (exact) mass is 295 g/mol. The van der Waals surface area contributed by atoms with E-state index in [9.17, 15) is 8.78 Å². The Morgan fingerprint density at radius 2 is 1.95 bits per heavy atom. The molecule has 0 saturated heterocycles. The number of benzene rings is 1. The van der Waals surface area contributed by atoms with E-state index >= 15 is 0 Å². The maximum absolute atomic E-state index is 13.8. The van der Waals surface area contributed by atoms with E-state index in [1.807, 2.05) is 0 Å². The summed E-state index contributed by atoms with van der Waals surface area (Å²) in [6.45, 7) is 3.10. The molecule has 1 aromatic rings. The second-order valence-corrected chi connectivity index (χ2v) is 6.33. The average Bonchev–Trinajstić information content (AvgIpc) is 2.48. The zero-order valence-corrected chi connectivity index (χ0v) is 13.0. The molecule has 1 N–H and O–H groups in total. The maximum atomic E-state index is 13.8. The normalized spacial score (nSPS) is 17.9. The first kappa shape index (κ1) is 16.4. The lowest BCUT2D eigenvalue weighted by atomic mass is 9.83. The Hall–Kier alpha value is -0.960. The summed E-state index contributed by atoms with van der Waals surface area (Å²) in [7, 11) is 0. The highest BCUT2D eigenvalue weighted by Crippen LogP contribution is 2.28. The van der Waals surface area contributed by atoms with Gasteiger partial charge in [0.25, 0.3) is 0 Å². The molecule has 0 amide bonds.